The van der Waals surface area contributed by atoms with E-state index in [0.717, 1.165) is 17.1 Å². The van der Waals surface area contributed by atoms with Crippen molar-refractivity contribution in [3.63, 3.8) is 0 Å². The van der Waals surface area contributed by atoms with Gasteiger partial charge >= 0.3 is 0 Å². The number of rotatable bonds is 8. The highest BCUT2D eigenvalue weighted by atomic mass is 15.1. The van der Waals surface area contributed by atoms with Crippen LogP contribution in [0.5, 0.6) is 0 Å². The zero-order valence-corrected chi connectivity index (χ0v) is 33.6. The van der Waals surface area contributed by atoms with Crippen molar-refractivity contribution in [2.45, 2.75) is 0 Å². The van der Waals surface area contributed by atoms with Gasteiger partial charge in [0.15, 0.2) is 0 Å². The lowest BCUT2D eigenvalue weighted by Crippen LogP contribution is -2.10. The molecule has 0 atom stereocenters. The molecule has 0 radical (unpaired) electrons. The van der Waals surface area contributed by atoms with Crippen LogP contribution < -0.4 is 4.90 Å². The highest BCUT2D eigenvalue weighted by molar-refractivity contribution is 6.19. The van der Waals surface area contributed by atoms with Crippen molar-refractivity contribution < 1.29 is 0 Å². The molecular weight excluding hydrogens is 735 g/mol. The van der Waals surface area contributed by atoms with E-state index >= 15 is 0 Å². The average molecular weight is 776 g/mol. The Morgan fingerprint density at radius 3 is 1.26 bits per heavy atom. The standard InChI is InChI=1S/C60H41N/c1-5-16-42(17-6-1)43-28-31-48(32-29-43)61(49-33-36-52(44-18-7-2-8-19-44)59(40-49)45-20-9-3-10-21-45)50-34-37-58(60(41-50)46-22-11-4-12-23-46)54-27-15-26-53-56-35-30-47-24-13-14-25-51(47)55(56)38-39-57(53)54/h1-41H. The summed E-state index contributed by atoms with van der Waals surface area (Å²) in [5.74, 6) is 0. The SMILES string of the molecule is c1ccc(-c2ccc(N(c3ccc(-c4ccccc4)c(-c4ccccc4)c3)c3ccc(-c4cccc5c4ccc4c6ccccc6ccc54)c(-c4ccccc4)c3)cc2)cc1. The van der Waals surface area contributed by atoms with E-state index in [0.29, 0.717) is 0 Å². The molecule has 61 heavy (non-hydrogen) atoms. The van der Waals surface area contributed by atoms with E-state index in [4.69, 9.17) is 0 Å². The second kappa shape index (κ2) is 15.6. The van der Waals surface area contributed by atoms with Gasteiger partial charge in [0, 0.05) is 17.1 Å². The molecule has 1 nitrogen and oxygen atoms in total. The fourth-order valence-corrected chi connectivity index (χ4v) is 9.13. The molecule has 11 aromatic rings. The minimum atomic E-state index is 1.08. The van der Waals surface area contributed by atoms with Crippen molar-refractivity contribution in [1.29, 1.82) is 0 Å². The van der Waals surface area contributed by atoms with Gasteiger partial charge in [-0.2, -0.15) is 0 Å². The number of fused-ring (bicyclic) bond motifs is 5. The lowest BCUT2D eigenvalue weighted by atomic mass is 9.89. The fourth-order valence-electron chi connectivity index (χ4n) is 9.13. The van der Waals surface area contributed by atoms with Crippen molar-refractivity contribution >= 4 is 49.4 Å². The van der Waals surface area contributed by atoms with E-state index in [1.807, 2.05) is 0 Å². The van der Waals surface area contributed by atoms with Crippen molar-refractivity contribution in [1.82, 2.24) is 0 Å². The second-order valence-electron chi connectivity index (χ2n) is 15.7. The van der Waals surface area contributed by atoms with Gasteiger partial charge in [0.2, 0.25) is 0 Å². The maximum absolute atomic E-state index is 2.41. The lowest BCUT2D eigenvalue weighted by Gasteiger charge is -2.28. The molecular formula is C60H41N. The van der Waals surface area contributed by atoms with Crippen LogP contribution in [0.25, 0.3) is 88.0 Å². The highest BCUT2D eigenvalue weighted by Crippen LogP contribution is 2.45. The minimum Gasteiger partial charge on any atom is -0.310 e. The van der Waals surface area contributed by atoms with Gasteiger partial charge in [-0.15, -0.1) is 0 Å². The van der Waals surface area contributed by atoms with E-state index in [9.17, 15) is 0 Å². The summed E-state index contributed by atoms with van der Waals surface area (Å²) in [5.41, 5.74) is 15.2. The van der Waals surface area contributed by atoms with Gasteiger partial charge in [-0.25, -0.2) is 0 Å². The van der Waals surface area contributed by atoms with E-state index in [-0.39, 0.29) is 0 Å². The Bertz CT molecular complexity index is 3320. The molecule has 11 aromatic carbocycles. The van der Waals surface area contributed by atoms with Gasteiger partial charge < -0.3 is 4.90 Å². The summed E-state index contributed by atoms with van der Waals surface area (Å²) in [4.78, 5) is 2.41. The summed E-state index contributed by atoms with van der Waals surface area (Å²) in [7, 11) is 0. The topological polar surface area (TPSA) is 3.24 Å². The summed E-state index contributed by atoms with van der Waals surface area (Å²) in [6.45, 7) is 0. The van der Waals surface area contributed by atoms with Crippen LogP contribution in [0, 0.1) is 0 Å². The number of hydrogen-bond donors (Lipinski definition) is 0. The van der Waals surface area contributed by atoms with Crippen LogP contribution in [0.2, 0.25) is 0 Å². The minimum absolute atomic E-state index is 1.08. The van der Waals surface area contributed by atoms with Crippen molar-refractivity contribution in [3.05, 3.63) is 249 Å². The molecule has 0 aliphatic rings. The molecule has 0 spiro atoms. The van der Waals surface area contributed by atoms with Crippen LogP contribution in [0.15, 0.2) is 249 Å². The summed E-state index contributed by atoms with van der Waals surface area (Å²) < 4.78 is 0. The predicted octanol–water partition coefficient (Wildman–Crippen LogP) is 17.0. The molecule has 0 aliphatic carbocycles. The normalized spacial score (nSPS) is 11.3. The Kier molecular flexibility index (Phi) is 9.26. The molecule has 0 saturated heterocycles. The molecule has 0 aliphatic heterocycles. The Morgan fingerprint density at radius 2 is 0.623 bits per heavy atom. The lowest BCUT2D eigenvalue weighted by molar-refractivity contribution is 1.28. The second-order valence-corrected chi connectivity index (χ2v) is 15.7. The van der Waals surface area contributed by atoms with Gasteiger partial charge in [0.1, 0.15) is 0 Å². The first-order valence-electron chi connectivity index (χ1n) is 21.0. The molecule has 0 fully saturated rings. The monoisotopic (exact) mass is 775 g/mol. The summed E-state index contributed by atoms with van der Waals surface area (Å²) in [6.07, 6.45) is 0. The molecule has 286 valence electrons. The highest BCUT2D eigenvalue weighted by Gasteiger charge is 2.20. The molecule has 0 N–H and O–H groups in total. The van der Waals surface area contributed by atoms with Crippen LogP contribution in [-0.2, 0) is 0 Å². The van der Waals surface area contributed by atoms with E-state index in [1.165, 1.54) is 88.0 Å². The summed E-state index contributed by atoms with van der Waals surface area (Å²) in [6, 6.07) is 90.5. The van der Waals surface area contributed by atoms with E-state index in [2.05, 4.69) is 254 Å². The van der Waals surface area contributed by atoms with Crippen LogP contribution in [0.4, 0.5) is 17.1 Å². The van der Waals surface area contributed by atoms with Gasteiger partial charge in [-0.05, 0) is 124 Å². The van der Waals surface area contributed by atoms with Crippen molar-refractivity contribution in [2.24, 2.45) is 0 Å². The largest absolute Gasteiger partial charge is 0.310 e. The summed E-state index contributed by atoms with van der Waals surface area (Å²) in [5, 5.41) is 7.60. The number of nitrogens with zero attached hydrogens (tertiary/aromatic N) is 1. The third kappa shape index (κ3) is 6.73. The number of benzene rings is 11. The Labute approximate surface area is 357 Å². The Morgan fingerprint density at radius 1 is 0.197 bits per heavy atom. The fraction of sp³-hybridized carbons (Fsp3) is 0. The van der Waals surface area contributed by atoms with Crippen LogP contribution in [0.3, 0.4) is 0 Å². The van der Waals surface area contributed by atoms with Crippen molar-refractivity contribution in [2.75, 3.05) is 4.90 Å². The third-order valence-electron chi connectivity index (χ3n) is 12.1. The van der Waals surface area contributed by atoms with E-state index in [1.54, 1.807) is 0 Å². The van der Waals surface area contributed by atoms with Gasteiger partial charge in [-0.3, -0.25) is 0 Å². The predicted molar refractivity (Wildman–Crippen MR) is 261 cm³/mol. The summed E-state index contributed by atoms with van der Waals surface area (Å²) >= 11 is 0. The molecule has 0 aromatic heterocycles. The zero-order chi connectivity index (χ0) is 40.5. The molecule has 0 bridgehead atoms. The number of anilines is 3. The maximum Gasteiger partial charge on any atom is 0.0468 e. The molecule has 1 heteroatoms. The Balaban J connectivity index is 1.12. The molecule has 0 unspecified atom stereocenters. The van der Waals surface area contributed by atoms with Crippen LogP contribution >= 0.6 is 0 Å². The quantitative estimate of drug-likeness (QED) is 0.139. The zero-order valence-electron chi connectivity index (χ0n) is 33.6. The Hall–Kier alpha value is -8.00. The smallest absolute Gasteiger partial charge is 0.0468 e. The average Bonchev–Trinajstić information content (AvgIpc) is 3.35. The van der Waals surface area contributed by atoms with E-state index < -0.39 is 0 Å². The molecule has 0 amide bonds. The van der Waals surface area contributed by atoms with Gasteiger partial charge in [0.25, 0.3) is 0 Å². The number of hydrogen-bond acceptors (Lipinski definition) is 1. The maximum atomic E-state index is 2.41. The first-order valence-corrected chi connectivity index (χ1v) is 21.0. The molecule has 11 rings (SSSR count). The van der Waals surface area contributed by atoms with Crippen LogP contribution in [0.1, 0.15) is 0 Å². The van der Waals surface area contributed by atoms with Crippen LogP contribution in [-0.4, -0.2) is 0 Å². The van der Waals surface area contributed by atoms with Gasteiger partial charge in [-0.1, -0.05) is 212 Å². The molecule has 0 saturated carbocycles. The first kappa shape index (κ1) is 36.1. The first-order chi connectivity index (χ1) is 30.3. The molecule has 0 heterocycles. The third-order valence-corrected chi connectivity index (χ3v) is 12.1. The van der Waals surface area contributed by atoms with Gasteiger partial charge in [0.05, 0.1) is 0 Å². The van der Waals surface area contributed by atoms with Crippen molar-refractivity contribution in [3.8, 4) is 55.6 Å².